The molecule has 8 heavy (non-hydrogen) atoms. The van der Waals surface area contributed by atoms with Crippen LogP contribution in [0.5, 0.6) is 0 Å². The molecule has 44 valence electrons. The first kappa shape index (κ1) is 5.35. The number of amides is 1. The molecule has 1 amide bonds. The van der Waals surface area contributed by atoms with Crippen molar-refractivity contribution >= 4 is 5.91 Å². The predicted octanol–water partition coefficient (Wildman–Crippen LogP) is 0.438. The zero-order valence-electron chi connectivity index (χ0n) is 4.68. The number of nitrogens with two attached hydrogens (primary N) is 1. The summed E-state index contributed by atoms with van der Waals surface area (Å²) in [6, 6.07) is 0. The minimum Gasteiger partial charge on any atom is -0.369 e. The van der Waals surface area contributed by atoms with Gasteiger partial charge in [-0.3, -0.25) is 4.79 Å². The van der Waals surface area contributed by atoms with Gasteiger partial charge in [-0.2, -0.15) is 0 Å². The van der Waals surface area contributed by atoms with Crippen molar-refractivity contribution in [1.29, 1.82) is 0 Å². The van der Waals surface area contributed by atoms with Gasteiger partial charge in [0.25, 0.3) is 0 Å². The second-order valence-electron chi connectivity index (χ2n) is 2.15. The quantitative estimate of drug-likeness (QED) is 0.490. The van der Waals surface area contributed by atoms with Gasteiger partial charge in [-0.25, -0.2) is 0 Å². The number of hydrogen-bond donors (Lipinski definition) is 1. The van der Waals surface area contributed by atoms with Gasteiger partial charge in [0, 0.05) is 0 Å². The molecule has 0 aromatic heterocycles. The second-order valence-corrected chi connectivity index (χ2v) is 2.15. The molecule has 1 fully saturated rings. The average molecular weight is 111 g/mol. The Labute approximate surface area is 48.4 Å². The maximum absolute atomic E-state index is 10.4. The van der Waals surface area contributed by atoms with Crippen LogP contribution in [0, 0.1) is 5.92 Å². The lowest BCUT2D eigenvalue weighted by Gasteiger charge is -2.24. The molecule has 1 atom stereocenters. The third kappa shape index (κ3) is 0.619. The van der Waals surface area contributed by atoms with Gasteiger partial charge in [0.05, 0.1) is 5.92 Å². The number of hydrogen-bond acceptors (Lipinski definition) is 1. The van der Waals surface area contributed by atoms with Crippen molar-refractivity contribution in [3.63, 3.8) is 0 Å². The SMILES string of the molecule is C=C1CCC1C(N)=O. The molecule has 2 nitrogen and oxygen atoms in total. The smallest absolute Gasteiger partial charge is 0.224 e. The number of rotatable bonds is 1. The Morgan fingerprint density at radius 1 is 1.88 bits per heavy atom. The van der Waals surface area contributed by atoms with E-state index in [-0.39, 0.29) is 11.8 Å². The summed E-state index contributed by atoms with van der Waals surface area (Å²) in [6.07, 6.45) is 1.89. The molecule has 0 aliphatic heterocycles. The van der Waals surface area contributed by atoms with Gasteiger partial charge in [0.1, 0.15) is 0 Å². The van der Waals surface area contributed by atoms with E-state index in [0.717, 1.165) is 18.4 Å². The summed E-state index contributed by atoms with van der Waals surface area (Å²) in [5.74, 6) is -0.226. The molecule has 0 heterocycles. The molecular weight excluding hydrogens is 102 g/mol. The highest BCUT2D eigenvalue weighted by atomic mass is 16.1. The van der Waals surface area contributed by atoms with Gasteiger partial charge < -0.3 is 5.73 Å². The third-order valence-corrected chi connectivity index (χ3v) is 1.59. The molecule has 0 radical (unpaired) electrons. The summed E-state index contributed by atoms with van der Waals surface area (Å²) in [7, 11) is 0. The molecule has 1 rings (SSSR count). The van der Waals surface area contributed by atoms with Crippen molar-refractivity contribution in [2.45, 2.75) is 12.8 Å². The lowest BCUT2D eigenvalue weighted by atomic mass is 9.80. The maximum atomic E-state index is 10.4. The molecular formula is C6H9NO. The lowest BCUT2D eigenvalue weighted by molar-refractivity contribution is -0.121. The molecule has 1 aliphatic carbocycles. The Bertz CT molecular complexity index is 131. The van der Waals surface area contributed by atoms with Crippen LogP contribution < -0.4 is 5.73 Å². The van der Waals surface area contributed by atoms with E-state index in [4.69, 9.17) is 5.73 Å². The van der Waals surface area contributed by atoms with E-state index in [2.05, 4.69) is 6.58 Å². The van der Waals surface area contributed by atoms with Crippen LogP contribution in [0.2, 0.25) is 0 Å². The van der Waals surface area contributed by atoms with Gasteiger partial charge >= 0.3 is 0 Å². The monoisotopic (exact) mass is 111 g/mol. The molecule has 1 aliphatic rings. The van der Waals surface area contributed by atoms with E-state index < -0.39 is 0 Å². The summed E-state index contributed by atoms with van der Waals surface area (Å²) in [6.45, 7) is 3.66. The molecule has 1 saturated carbocycles. The van der Waals surface area contributed by atoms with E-state index in [1.165, 1.54) is 0 Å². The zero-order chi connectivity index (χ0) is 6.15. The molecule has 0 saturated heterocycles. The first-order valence-electron chi connectivity index (χ1n) is 2.69. The summed E-state index contributed by atoms with van der Waals surface area (Å²) >= 11 is 0. The molecule has 1 unspecified atom stereocenters. The standard InChI is InChI=1S/C6H9NO/c1-4-2-3-5(4)6(7)8/h5H,1-3H2,(H2,7,8). The van der Waals surface area contributed by atoms with Gasteiger partial charge in [-0.15, -0.1) is 0 Å². The van der Waals surface area contributed by atoms with E-state index in [0.29, 0.717) is 0 Å². The minimum atomic E-state index is -0.221. The van der Waals surface area contributed by atoms with Crippen LogP contribution in [-0.4, -0.2) is 5.91 Å². The van der Waals surface area contributed by atoms with Crippen LogP contribution in [-0.2, 0) is 4.79 Å². The normalized spacial score (nSPS) is 27.0. The summed E-state index contributed by atoms with van der Waals surface area (Å²) < 4.78 is 0. The predicted molar refractivity (Wildman–Crippen MR) is 31.1 cm³/mol. The fourth-order valence-electron chi connectivity index (χ4n) is 0.836. The highest BCUT2D eigenvalue weighted by molar-refractivity contribution is 5.80. The van der Waals surface area contributed by atoms with Gasteiger partial charge in [-0.05, 0) is 12.8 Å². The fraction of sp³-hybridized carbons (Fsp3) is 0.500. The average Bonchev–Trinajstić information content (AvgIpc) is 1.61. The lowest BCUT2D eigenvalue weighted by Crippen LogP contribution is -2.30. The van der Waals surface area contributed by atoms with E-state index in [1.807, 2.05) is 0 Å². The Kier molecular flexibility index (Phi) is 1.08. The van der Waals surface area contributed by atoms with Crippen LogP contribution in [0.25, 0.3) is 0 Å². The van der Waals surface area contributed by atoms with Crippen molar-refractivity contribution in [2.75, 3.05) is 0 Å². The van der Waals surface area contributed by atoms with Crippen molar-refractivity contribution in [1.82, 2.24) is 0 Å². The second kappa shape index (κ2) is 1.62. The first-order valence-corrected chi connectivity index (χ1v) is 2.69. The highest BCUT2D eigenvalue weighted by Gasteiger charge is 2.26. The summed E-state index contributed by atoms with van der Waals surface area (Å²) in [5.41, 5.74) is 5.99. The van der Waals surface area contributed by atoms with E-state index in [1.54, 1.807) is 0 Å². The van der Waals surface area contributed by atoms with Crippen molar-refractivity contribution in [2.24, 2.45) is 11.7 Å². The Hall–Kier alpha value is -0.790. The van der Waals surface area contributed by atoms with E-state index in [9.17, 15) is 4.79 Å². The third-order valence-electron chi connectivity index (χ3n) is 1.59. The van der Waals surface area contributed by atoms with Crippen molar-refractivity contribution < 1.29 is 4.79 Å². The maximum Gasteiger partial charge on any atom is 0.224 e. The minimum absolute atomic E-state index is 0.00463. The zero-order valence-corrected chi connectivity index (χ0v) is 4.68. The van der Waals surface area contributed by atoms with Crippen LogP contribution >= 0.6 is 0 Å². The van der Waals surface area contributed by atoms with E-state index >= 15 is 0 Å². The topological polar surface area (TPSA) is 43.1 Å². The van der Waals surface area contributed by atoms with Crippen LogP contribution in [0.3, 0.4) is 0 Å². The van der Waals surface area contributed by atoms with Crippen LogP contribution in [0.1, 0.15) is 12.8 Å². The molecule has 0 spiro atoms. The van der Waals surface area contributed by atoms with Crippen LogP contribution in [0.15, 0.2) is 12.2 Å². The Morgan fingerprint density at radius 3 is 2.50 bits per heavy atom. The molecule has 2 heteroatoms. The molecule has 2 N–H and O–H groups in total. The fourth-order valence-corrected chi connectivity index (χ4v) is 0.836. The highest BCUT2D eigenvalue weighted by Crippen LogP contribution is 2.30. The largest absolute Gasteiger partial charge is 0.369 e. The van der Waals surface area contributed by atoms with Gasteiger partial charge in [-0.1, -0.05) is 12.2 Å². The molecule has 0 aromatic rings. The van der Waals surface area contributed by atoms with Gasteiger partial charge in [0.15, 0.2) is 0 Å². The van der Waals surface area contributed by atoms with Crippen LogP contribution in [0.4, 0.5) is 0 Å². The number of carbonyl (C=O) groups excluding carboxylic acids is 1. The van der Waals surface area contributed by atoms with Crippen molar-refractivity contribution in [3.05, 3.63) is 12.2 Å². The number of carbonyl (C=O) groups is 1. The summed E-state index contributed by atoms with van der Waals surface area (Å²) in [4.78, 5) is 10.4. The first-order chi connectivity index (χ1) is 3.72. The molecule has 0 bridgehead atoms. The van der Waals surface area contributed by atoms with Crippen molar-refractivity contribution in [3.8, 4) is 0 Å². The number of primary amides is 1. The Morgan fingerprint density at radius 2 is 2.50 bits per heavy atom. The van der Waals surface area contributed by atoms with Gasteiger partial charge in [0.2, 0.25) is 5.91 Å². The Balaban J connectivity index is 2.49. The summed E-state index contributed by atoms with van der Waals surface area (Å²) in [5, 5.41) is 0. The molecule has 0 aromatic carbocycles.